The molecule has 0 aliphatic carbocycles. The van der Waals surface area contributed by atoms with Gasteiger partial charge in [0, 0.05) is 10.0 Å². The highest BCUT2D eigenvalue weighted by Gasteiger charge is 2.48. The van der Waals surface area contributed by atoms with E-state index in [1.54, 1.807) is 24.3 Å². The predicted octanol–water partition coefficient (Wildman–Crippen LogP) is 4.95. The molecule has 9 heteroatoms. The summed E-state index contributed by atoms with van der Waals surface area (Å²) in [7, 11) is 1.56. The molecule has 1 saturated heterocycles. The van der Waals surface area contributed by atoms with Crippen molar-refractivity contribution >= 4 is 39.3 Å². The van der Waals surface area contributed by atoms with Crippen LogP contribution in [0.4, 0.5) is 14.9 Å². The van der Waals surface area contributed by atoms with Crippen molar-refractivity contribution in [2.45, 2.75) is 12.0 Å². The van der Waals surface area contributed by atoms with E-state index in [2.05, 4.69) is 15.9 Å². The first kappa shape index (κ1) is 23.0. The number of hydrogen-bond acceptors (Lipinski definition) is 6. The molecule has 35 heavy (non-hydrogen) atoms. The van der Waals surface area contributed by atoms with Gasteiger partial charge in [0.05, 0.1) is 31.0 Å². The van der Waals surface area contributed by atoms with Gasteiger partial charge in [0.1, 0.15) is 24.2 Å². The van der Waals surface area contributed by atoms with Crippen LogP contribution in [0.1, 0.15) is 17.0 Å². The van der Waals surface area contributed by atoms with E-state index in [0.29, 0.717) is 22.7 Å². The zero-order chi connectivity index (χ0) is 24.5. The predicted molar refractivity (Wildman–Crippen MR) is 132 cm³/mol. The summed E-state index contributed by atoms with van der Waals surface area (Å²) in [5, 5.41) is 6.50. The Hall–Kier alpha value is -3.72. The van der Waals surface area contributed by atoms with Gasteiger partial charge in [-0.3, -0.25) is 9.80 Å². The van der Waals surface area contributed by atoms with Crippen LogP contribution in [0, 0.1) is 5.82 Å². The molecule has 0 bridgehead atoms. The smallest absolute Gasteiger partial charge is 0.416 e. The lowest BCUT2D eigenvalue weighted by Crippen LogP contribution is -2.48. The van der Waals surface area contributed by atoms with Crippen LogP contribution in [0.5, 0.6) is 5.75 Å². The van der Waals surface area contributed by atoms with Gasteiger partial charge in [0.15, 0.2) is 0 Å². The number of rotatable bonds is 5. The molecule has 0 N–H and O–H groups in total. The van der Waals surface area contributed by atoms with E-state index >= 15 is 0 Å². The Kier molecular flexibility index (Phi) is 6.25. The fourth-order valence-corrected chi connectivity index (χ4v) is 4.71. The summed E-state index contributed by atoms with van der Waals surface area (Å²) in [6.07, 6.45) is -0.681. The van der Waals surface area contributed by atoms with Gasteiger partial charge in [0.25, 0.3) is 5.91 Å². The summed E-state index contributed by atoms with van der Waals surface area (Å²) in [4.78, 5) is 27.4. The summed E-state index contributed by atoms with van der Waals surface area (Å²) in [6, 6.07) is 19.8. The molecule has 0 aromatic heterocycles. The van der Waals surface area contributed by atoms with Crippen molar-refractivity contribution in [2.75, 3.05) is 25.3 Å². The topological polar surface area (TPSA) is 71.4 Å². The van der Waals surface area contributed by atoms with E-state index in [0.717, 1.165) is 14.9 Å². The average Bonchev–Trinajstić information content (AvgIpc) is 3.48. The van der Waals surface area contributed by atoms with Gasteiger partial charge in [-0.15, -0.1) is 0 Å². The minimum atomic E-state index is -0.904. The monoisotopic (exact) mass is 537 g/mol. The van der Waals surface area contributed by atoms with Crippen molar-refractivity contribution in [3.63, 3.8) is 0 Å². The number of methoxy groups -OCH3 is 1. The number of carbonyl (C=O) groups is 2. The molecule has 2 atom stereocenters. The molecule has 0 unspecified atom stereocenters. The van der Waals surface area contributed by atoms with Crippen molar-refractivity contribution in [2.24, 2.45) is 5.10 Å². The number of halogens is 2. The van der Waals surface area contributed by atoms with Crippen LogP contribution >= 0.6 is 15.9 Å². The summed E-state index contributed by atoms with van der Waals surface area (Å²) in [5.41, 5.74) is 2.60. The van der Waals surface area contributed by atoms with Gasteiger partial charge in [-0.05, 0) is 48.0 Å². The van der Waals surface area contributed by atoms with Gasteiger partial charge in [-0.2, -0.15) is 5.10 Å². The van der Waals surface area contributed by atoms with Crippen molar-refractivity contribution < 1.29 is 23.5 Å². The van der Waals surface area contributed by atoms with Gasteiger partial charge < -0.3 is 9.47 Å². The molecule has 7 nitrogen and oxygen atoms in total. The van der Waals surface area contributed by atoms with E-state index in [-0.39, 0.29) is 19.0 Å². The Labute approximate surface area is 209 Å². The fraction of sp³-hybridized carbons (Fsp3) is 0.192. The number of amides is 2. The average molecular weight is 538 g/mol. The number of carbonyl (C=O) groups excluding carboxylic acids is 2. The van der Waals surface area contributed by atoms with Crippen LogP contribution in [0.25, 0.3) is 0 Å². The van der Waals surface area contributed by atoms with Gasteiger partial charge >= 0.3 is 6.09 Å². The molecule has 2 heterocycles. The minimum Gasteiger partial charge on any atom is -0.496 e. The molecule has 5 rings (SSSR count). The number of hydrazone groups is 1. The standard InChI is InChI=1S/C26H21BrFN3O4/c1-34-21-5-3-2-4-20(21)22-23(16-6-10-18(28)11-7-16)29-31(19-12-8-17(27)9-13-19)24(22)25(32)30-14-15-35-26(30)33/h2-13,22,24H,14-15H2,1H3/t22-,24-/m1/s1. The third kappa shape index (κ3) is 4.27. The third-order valence-corrected chi connectivity index (χ3v) is 6.60. The van der Waals surface area contributed by atoms with Gasteiger partial charge in [-0.1, -0.05) is 46.3 Å². The minimum absolute atomic E-state index is 0.139. The lowest BCUT2D eigenvalue weighted by atomic mass is 9.83. The number of ether oxygens (including phenoxy) is 2. The lowest BCUT2D eigenvalue weighted by molar-refractivity contribution is -0.129. The van der Waals surface area contributed by atoms with E-state index < -0.39 is 24.0 Å². The highest BCUT2D eigenvalue weighted by atomic mass is 79.9. The molecule has 0 spiro atoms. The van der Waals surface area contributed by atoms with E-state index in [1.807, 2.05) is 48.5 Å². The number of hydrogen-bond donors (Lipinski definition) is 0. The number of cyclic esters (lactones) is 1. The first-order valence-corrected chi connectivity index (χ1v) is 11.8. The second kappa shape index (κ2) is 9.50. The summed E-state index contributed by atoms with van der Waals surface area (Å²) < 4.78 is 25.3. The fourth-order valence-electron chi connectivity index (χ4n) is 4.44. The van der Waals surface area contributed by atoms with Gasteiger partial charge in [-0.25, -0.2) is 14.1 Å². The van der Waals surface area contributed by atoms with Crippen molar-refractivity contribution in [1.29, 1.82) is 0 Å². The largest absolute Gasteiger partial charge is 0.496 e. The Morgan fingerprint density at radius 2 is 1.80 bits per heavy atom. The quantitative estimate of drug-likeness (QED) is 0.460. The highest BCUT2D eigenvalue weighted by molar-refractivity contribution is 9.10. The summed E-state index contributed by atoms with van der Waals surface area (Å²) >= 11 is 3.44. The van der Waals surface area contributed by atoms with Crippen LogP contribution in [-0.2, 0) is 9.53 Å². The number of nitrogens with zero attached hydrogens (tertiary/aromatic N) is 3. The van der Waals surface area contributed by atoms with E-state index in [1.165, 1.54) is 12.1 Å². The zero-order valence-corrected chi connectivity index (χ0v) is 20.3. The van der Waals surface area contributed by atoms with Crippen molar-refractivity contribution in [3.8, 4) is 5.75 Å². The number of imide groups is 1. The lowest BCUT2D eigenvalue weighted by Gasteiger charge is -2.30. The molecule has 2 aliphatic heterocycles. The first-order valence-electron chi connectivity index (χ1n) is 11.0. The normalized spacial score (nSPS) is 19.5. The van der Waals surface area contributed by atoms with Crippen molar-refractivity contribution in [3.05, 3.63) is 94.2 Å². The molecular weight excluding hydrogens is 517 g/mol. The molecule has 0 saturated carbocycles. The molecule has 1 fully saturated rings. The Morgan fingerprint density at radius 3 is 2.46 bits per heavy atom. The SMILES string of the molecule is COc1ccccc1[C@@H]1C(c2ccc(F)cc2)=NN(c2ccc(Br)cc2)[C@H]1C(=O)N1CCOC1=O. The number of para-hydroxylation sites is 1. The molecule has 2 amide bonds. The first-order chi connectivity index (χ1) is 17.0. The Balaban J connectivity index is 1.71. The third-order valence-electron chi connectivity index (χ3n) is 6.07. The van der Waals surface area contributed by atoms with Crippen LogP contribution in [0.3, 0.4) is 0 Å². The highest BCUT2D eigenvalue weighted by Crippen LogP contribution is 2.41. The van der Waals surface area contributed by atoms with Crippen LogP contribution < -0.4 is 9.75 Å². The zero-order valence-electron chi connectivity index (χ0n) is 18.7. The van der Waals surface area contributed by atoms with Gasteiger partial charge in [0.2, 0.25) is 0 Å². The van der Waals surface area contributed by atoms with E-state index in [4.69, 9.17) is 14.6 Å². The molecule has 178 valence electrons. The molecule has 3 aromatic rings. The van der Waals surface area contributed by atoms with Crippen LogP contribution in [0.2, 0.25) is 0 Å². The number of anilines is 1. The number of benzene rings is 3. The molecular formula is C26H21BrFN3O4. The molecule has 2 aliphatic rings. The summed E-state index contributed by atoms with van der Waals surface area (Å²) in [5.74, 6) is -0.849. The summed E-state index contributed by atoms with van der Waals surface area (Å²) in [6.45, 7) is 0.299. The van der Waals surface area contributed by atoms with Crippen LogP contribution in [-0.4, -0.2) is 48.9 Å². The van der Waals surface area contributed by atoms with Crippen LogP contribution in [0.15, 0.2) is 82.4 Å². The second-order valence-electron chi connectivity index (χ2n) is 8.08. The molecule has 0 radical (unpaired) electrons. The molecule has 3 aromatic carbocycles. The second-order valence-corrected chi connectivity index (χ2v) is 9.00. The van der Waals surface area contributed by atoms with Crippen molar-refractivity contribution in [1.82, 2.24) is 4.90 Å². The Morgan fingerprint density at radius 1 is 1.09 bits per heavy atom. The maximum atomic E-state index is 13.9. The Bertz CT molecular complexity index is 1300. The maximum Gasteiger partial charge on any atom is 0.416 e. The maximum absolute atomic E-state index is 13.9. The van der Waals surface area contributed by atoms with E-state index in [9.17, 15) is 14.0 Å².